The zero-order valence-corrected chi connectivity index (χ0v) is 30.9. The van der Waals surface area contributed by atoms with Crippen LogP contribution < -0.4 is 21.3 Å². The fourth-order valence-corrected chi connectivity index (χ4v) is 6.49. The number of carbonyl (C=O) groups is 4. The van der Waals surface area contributed by atoms with E-state index in [0.717, 1.165) is 22.3 Å². The van der Waals surface area contributed by atoms with E-state index in [1.807, 2.05) is 121 Å². The first-order chi connectivity index (χ1) is 27.4. The summed E-state index contributed by atoms with van der Waals surface area (Å²) >= 11 is 0. The van der Waals surface area contributed by atoms with E-state index in [1.165, 1.54) is 0 Å². The molecule has 0 atom stereocenters. The van der Waals surface area contributed by atoms with Crippen LogP contribution in [0.4, 0.5) is 23.3 Å². The van der Waals surface area contributed by atoms with Crippen LogP contribution in [0.15, 0.2) is 158 Å². The first-order valence-electron chi connectivity index (χ1n) is 18.7. The van der Waals surface area contributed by atoms with Crippen LogP contribution in [-0.4, -0.2) is 33.6 Å². The van der Waals surface area contributed by atoms with Crippen molar-refractivity contribution in [2.24, 2.45) is 0 Å². The molecule has 0 aliphatic carbocycles. The van der Waals surface area contributed by atoms with Gasteiger partial charge in [0.25, 0.3) is 0 Å². The molecule has 2 heterocycles. The Bertz CT molecular complexity index is 1960. The fraction of sp³-hybridized carbons (Fsp3) is 0.174. The number of rotatable bonds is 17. The fourth-order valence-electron chi connectivity index (χ4n) is 6.49. The van der Waals surface area contributed by atoms with Gasteiger partial charge in [0.2, 0.25) is 23.6 Å². The van der Waals surface area contributed by atoms with Crippen molar-refractivity contribution in [3.8, 4) is 0 Å². The van der Waals surface area contributed by atoms with E-state index >= 15 is 0 Å². The maximum atomic E-state index is 13.1. The van der Waals surface area contributed by atoms with Crippen LogP contribution in [0.1, 0.15) is 72.6 Å². The molecule has 0 aliphatic rings. The second kappa shape index (κ2) is 19.9. The van der Waals surface area contributed by atoms with E-state index in [1.54, 1.807) is 36.4 Å². The Hall–Kier alpha value is -6.94. The van der Waals surface area contributed by atoms with Crippen molar-refractivity contribution in [2.45, 2.75) is 50.4 Å². The molecule has 0 unspecified atom stereocenters. The number of anilines is 4. The maximum Gasteiger partial charge on any atom is 0.226 e. The minimum absolute atomic E-state index is 0.124. The number of carbonyl (C=O) groups excluding carboxylic acids is 4. The molecule has 4 aromatic carbocycles. The van der Waals surface area contributed by atoms with Gasteiger partial charge in [-0.25, -0.2) is 9.97 Å². The van der Waals surface area contributed by atoms with Gasteiger partial charge in [0.15, 0.2) is 0 Å². The van der Waals surface area contributed by atoms with Crippen molar-refractivity contribution < 1.29 is 19.2 Å². The van der Waals surface area contributed by atoms with E-state index in [-0.39, 0.29) is 61.1 Å². The lowest BCUT2D eigenvalue weighted by atomic mass is 9.88. The molecule has 0 radical (unpaired) electrons. The van der Waals surface area contributed by atoms with Gasteiger partial charge < -0.3 is 21.3 Å². The SMILES string of the molecule is O=C(CCCCC(=O)Nc1cccc(NC(=O)CC(c2ccccc2)c2ccccc2)n1)Nc1cccc(NC(=O)CC(c2ccccc2)c2ccccc2)n1. The normalized spacial score (nSPS) is 10.8. The largest absolute Gasteiger partial charge is 0.311 e. The van der Waals surface area contributed by atoms with Gasteiger partial charge in [-0.1, -0.05) is 133 Å². The summed E-state index contributed by atoms with van der Waals surface area (Å²) in [5.74, 6) is 0.183. The molecule has 282 valence electrons. The van der Waals surface area contributed by atoms with Gasteiger partial charge in [-0.05, 0) is 59.4 Å². The minimum atomic E-state index is -0.249. The Labute approximate surface area is 326 Å². The van der Waals surface area contributed by atoms with Crippen molar-refractivity contribution in [2.75, 3.05) is 21.3 Å². The predicted molar refractivity (Wildman–Crippen MR) is 220 cm³/mol. The lowest BCUT2D eigenvalue weighted by Crippen LogP contribution is -2.18. The van der Waals surface area contributed by atoms with Gasteiger partial charge >= 0.3 is 0 Å². The van der Waals surface area contributed by atoms with Gasteiger partial charge in [-0.2, -0.15) is 0 Å². The molecule has 0 aliphatic heterocycles. The van der Waals surface area contributed by atoms with Gasteiger partial charge in [0.05, 0.1) is 0 Å². The topological polar surface area (TPSA) is 142 Å². The highest BCUT2D eigenvalue weighted by Crippen LogP contribution is 2.30. The molecule has 10 heteroatoms. The molecular weight excluding hydrogens is 701 g/mol. The Kier molecular flexibility index (Phi) is 13.8. The van der Waals surface area contributed by atoms with Crippen molar-refractivity contribution >= 4 is 46.9 Å². The van der Waals surface area contributed by atoms with Crippen molar-refractivity contribution in [1.29, 1.82) is 0 Å². The molecule has 0 spiro atoms. The summed E-state index contributed by atoms with van der Waals surface area (Å²) in [4.78, 5) is 60.5. The number of hydrogen-bond donors (Lipinski definition) is 4. The highest BCUT2D eigenvalue weighted by Gasteiger charge is 2.20. The van der Waals surface area contributed by atoms with Crippen LogP contribution in [0, 0.1) is 0 Å². The minimum Gasteiger partial charge on any atom is -0.311 e. The maximum absolute atomic E-state index is 13.1. The number of benzene rings is 4. The quantitative estimate of drug-likeness (QED) is 0.0688. The molecule has 0 bridgehead atoms. The number of pyridine rings is 2. The summed E-state index contributed by atoms with van der Waals surface area (Å²) in [7, 11) is 0. The molecular formula is C46H44N6O4. The first kappa shape index (κ1) is 38.8. The van der Waals surface area contributed by atoms with Crippen LogP contribution in [0.2, 0.25) is 0 Å². The third kappa shape index (κ3) is 11.8. The second-order valence-electron chi connectivity index (χ2n) is 13.4. The average molecular weight is 745 g/mol. The molecule has 0 fully saturated rings. The standard InChI is InChI=1S/C46H44N6O4/c53-43(49-39-25-15-27-41(47-39)51-45(55)31-37(33-17-5-1-6-18-33)34-19-7-2-8-20-34)29-13-14-30-44(54)50-40-26-16-28-42(48-40)52-46(56)32-38(35-21-9-3-10-22-35)36-23-11-4-12-24-36/h1-12,15-28,37-38H,13-14,29-32H2,(H2,47,49,51,53,55)(H2,48,50,52,54,56). The van der Waals surface area contributed by atoms with Gasteiger partial charge in [-0.15, -0.1) is 0 Å². The van der Waals surface area contributed by atoms with Crippen molar-refractivity contribution in [3.63, 3.8) is 0 Å². The second-order valence-corrected chi connectivity index (χ2v) is 13.4. The summed E-state index contributed by atoms with van der Waals surface area (Å²) in [6.07, 6.45) is 1.78. The smallest absolute Gasteiger partial charge is 0.226 e. The Morgan fingerprint density at radius 1 is 0.357 bits per heavy atom. The third-order valence-corrected chi connectivity index (χ3v) is 9.21. The van der Waals surface area contributed by atoms with E-state index in [0.29, 0.717) is 36.1 Å². The number of aromatic nitrogens is 2. The number of amides is 4. The monoisotopic (exact) mass is 744 g/mol. The summed E-state index contributed by atoms with van der Waals surface area (Å²) < 4.78 is 0. The average Bonchev–Trinajstić information content (AvgIpc) is 3.22. The highest BCUT2D eigenvalue weighted by atomic mass is 16.2. The number of nitrogens with one attached hydrogen (secondary N) is 4. The van der Waals surface area contributed by atoms with E-state index in [4.69, 9.17) is 0 Å². The molecule has 10 nitrogen and oxygen atoms in total. The summed E-state index contributed by atoms with van der Waals surface area (Å²) in [6, 6.07) is 49.7. The van der Waals surface area contributed by atoms with Crippen LogP contribution in [0.25, 0.3) is 0 Å². The number of unbranched alkanes of at least 4 members (excludes halogenated alkanes) is 1. The molecule has 0 saturated carbocycles. The van der Waals surface area contributed by atoms with Crippen molar-refractivity contribution in [1.82, 2.24) is 9.97 Å². The summed E-state index contributed by atoms with van der Waals surface area (Å²) in [5, 5.41) is 11.3. The summed E-state index contributed by atoms with van der Waals surface area (Å²) in [5.41, 5.74) is 4.16. The Morgan fingerprint density at radius 3 is 0.911 bits per heavy atom. The molecule has 6 rings (SSSR count). The number of nitrogens with zero attached hydrogens (tertiary/aromatic N) is 2. The molecule has 2 aromatic heterocycles. The predicted octanol–water partition coefficient (Wildman–Crippen LogP) is 8.94. The van der Waals surface area contributed by atoms with E-state index < -0.39 is 0 Å². The highest BCUT2D eigenvalue weighted by molar-refractivity contribution is 5.93. The molecule has 6 aromatic rings. The zero-order chi connectivity index (χ0) is 39.0. The Morgan fingerprint density at radius 2 is 0.625 bits per heavy atom. The zero-order valence-electron chi connectivity index (χ0n) is 30.9. The van der Waals surface area contributed by atoms with Gasteiger partial charge in [-0.3, -0.25) is 19.2 Å². The van der Waals surface area contributed by atoms with Crippen LogP contribution in [0.5, 0.6) is 0 Å². The van der Waals surface area contributed by atoms with E-state index in [2.05, 4.69) is 31.2 Å². The van der Waals surface area contributed by atoms with Crippen LogP contribution in [0.3, 0.4) is 0 Å². The molecule has 4 amide bonds. The van der Waals surface area contributed by atoms with Gasteiger partial charge in [0.1, 0.15) is 23.3 Å². The molecule has 4 N–H and O–H groups in total. The molecule has 0 saturated heterocycles. The van der Waals surface area contributed by atoms with Gasteiger partial charge in [0, 0.05) is 37.5 Å². The lowest BCUT2D eigenvalue weighted by molar-refractivity contribution is -0.118. The van der Waals surface area contributed by atoms with Crippen LogP contribution in [-0.2, 0) is 19.2 Å². The molecule has 56 heavy (non-hydrogen) atoms. The Balaban J connectivity index is 0.927. The summed E-state index contributed by atoms with van der Waals surface area (Å²) in [6.45, 7) is 0. The van der Waals surface area contributed by atoms with Crippen molar-refractivity contribution in [3.05, 3.63) is 180 Å². The first-order valence-corrected chi connectivity index (χ1v) is 18.7. The number of hydrogen-bond acceptors (Lipinski definition) is 6. The van der Waals surface area contributed by atoms with E-state index in [9.17, 15) is 19.2 Å². The third-order valence-electron chi connectivity index (χ3n) is 9.21. The lowest BCUT2D eigenvalue weighted by Gasteiger charge is -2.18. The van der Waals surface area contributed by atoms with Crippen LogP contribution >= 0.6 is 0 Å².